The summed E-state index contributed by atoms with van der Waals surface area (Å²) in [5, 5.41) is 5.64. The summed E-state index contributed by atoms with van der Waals surface area (Å²) < 4.78 is 36.7. The van der Waals surface area contributed by atoms with Crippen LogP contribution in [0.3, 0.4) is 0 Å². The van der Waals surface area contributed by atoms with Gasteiger partial charge in [-0.05, 0) is 24.5 Å². The van der Waals surface area contributed by atoms with Gasteiger partial charge in [-0.1, -0.05) is 6.08 Å². The second kappa shape index (κ2) is 3.89. The Kier molecular flexibility index (Phi) is 2.73. The van der Waals surface area contributed by atoms with Crippen molar-refractivity contribution < 1.29 is 13.2 Å². The Bertz CT molecular complexity index is 300. The van der Waals surface area contributed by atoms with Gasteiger partial charge in [0.05, 0.1) is 0 Å². The van der Waals surface area contributed by atoms with E-state index in [-0.39, 0.29) is 6.54 Å². The largest absolute Gasteiger partial charge is 0.430 e. The zero-order valence-electron chi connectivity index (χ0n) is 8.19. The van der Waals surface area contributed by atoms with Gasteiger partial charge in [0.15, 0.2) is 0 Å². The summed E-state index contributed by atoms with van der Waals surface area (Å²) in [5.41, 5.74) is 0.313. The van der Waals surface area contributed by atoms with Gasteiger partial charge in [-0.25, -0.2) is 0 Å². The quantitative estimate of drug-likeness (QED) is 0.753. The summed E-state index contributed by atoms with van der Waals surface area (Å²) in [7, 11) is 0. The fourth-order valence-corrected chi connectivity index (χ4v) is 1.41. The van der Waals surface area contributed by atoms with Crippen LogP contribution in [0.25, 0.3) is 0 Å². The lowest BCUT2D eigenvalue weighted by Gasteiger charge is -2.19. The molecular weight excluding hydrogens is 205 g/mol. The third-order valence-corrected chi connectivity index (χ3v) is 2.49. The first-order valence-corrected chi connectivity index (χ1v) is 5.00. The smallest absolute Gasteiger partial charge is 0.377 e. The fourth-order valence-electron chi connectivity index (χ4n) is 1.41. The molecule has 1 aliphatic carbocycles. The minimum Gasteiger partial charge on any atom is -0.377 e. The molecule has 0 radical (unpaired) electrons. The van der Waals surface area contributed by atoms with E-state index in [1.54, 1.807) is 6.08 Å². The second-order valence-corrected chi connectivity index (χ2v) is 3.91. The number of allylic oxidation sites excluding steroid dienone is 3. The molecule has 1 saturated carbocycles. The number of alkyl halides is 3. The van der Waals surface area contributed by atoms with Crippen molar-refractivity contribution in [3.63, 3.8) is 0 Å². The van der Waals surface area contributed by atoms with E-state index >= 15 is 0 Å². The highest BCUT2D eigenvalue weighted by molar-refractivity contribution is 5.27. The van der Waals surface area contributed by atoms with E-state index in [1.165, 1.54) is 12.8 Å². The molecule has 0 aromatic heterocycles. The van der Waals surface area contributed by atoms with Crippen LogP contribution < -0.4 is 10.6 Å². The van der Waals surface area contributed by atoms with Crippen molar-refractivity contribution >= 4 is 0 Å². The van der Waals surface area contributed by atoms with Gasteiger partial charge >= 0.3 is 6.18 Å². The zero-order valence-corrected chi connectivity index (χ0v) is 8.19. The number of nitrogens with one attached hydrogen (secondary N) is 2. The zero-order chi connectivity index (χ0) is 10.9. The SMILES string of the molecule is FC(F)(F)C1=CC=C(CNC2CC2)CN1. The van der Waals surface area contributed by atoms with Gasteiger partial charge in [-0.3, -0.25) is 0 Å². The predicted octanol–water partition coefficient (Wildman–Crippen LogP) is 1.71. The molecule has 1 heterocycles. The van der Waals surface area contributed by atoms with Gasteiger partial charge < -0.3 is 10.6 Å². The van der Waals surface area contributed by atoms with Crippen LogP contribution in [-0.2, 0) is 0 Å². The van der Waals surface area contributed by atoms with Gasteiger partial charge in [0.2, 0.25) is 0 Å². The van der Waals surface area contributed by atoms with Crippen molar-refractivity contribution in [2.45, 2.75) is 25.1 Å². The van der Waals surface area contributed by atoms with Crippen LogP contribution >= 0.6 is 0 Å². The van der Waals surface area contributed by atoms with E-state index in [2.05, 4.69) is 10.6 Å². The topological polar surface area (TPSA) is 24.1 Å². The highest BCUT2D eigenvalue weighted by atomic mass is 19.4. The van der Waals surface area contributed by atoms with Gasteiger partial charge in [0, 0.05) is 19.1 Å². The fraction of sp³-hybridized carbons (Fsp3) is 0.600. The maximum absolute atomic E-state index is 12.2. The third-order valence-electron chi connectivity index (χ3n) is 2.49. The standard InChI is InChI=1S/C10H13F3N2/c11-10(12,13)9-4-1-7(6-15-9)5-14-8-2-3-8/h1,4,8,14-15H,2-3,5-6H2. The van der Waals surface area contributed by atoms with Crippen LogP contribution in [0.1, 0.15) is 12.8 Å². The van der Waals surface area contributed by atoms with Gasteiger partial charge in [0.1, 0.15) is 5.70 Å². The molecule has 0 aromatic carbocycles. The van der Waals surface area contributed by atoms with Crippen molar-refractivity contribution in [1.29, 1.82) is 0 Å². The van der Waals surface area contributed by atoms with Crippen molar-refractivity contribution in [3.8, 4) is 0 Å². The maximum Gasteiger partial charge on any atom is 0.430 e. The molecule has 0 amide bonds. The van der Waals surface area contributed by atoms with E-state index in [9.17, 15) is 13.2 Å². The van der Waals surface area contributed by atoms with Crippen LogP contribution in [0.5, 0.6) is 0 Å². The highest BCUT2D eigenvalue weighted by Gasteiger charge is 2.34. The van der Waals surface area contributed by atoms with Gasteiger partial charge in [-0.2, -0.15) is 13.2 Å². The average molecular weight is 218 g/mol. The summed E-state index contributed by atoms with van der Waals surface area (Å²) >= 11 is 0. The van der Waals surface area contributed by atoms with Crippen LogP contribution in [0.2, 0.25) is 0 Å². The molecule has 5 heteroatoms. The van der Waals surface area contributed by atoms with Gasteiger partial charge in [-0.15, -0.1) is 0 Å². The lowest BCUT2D eigenvalue weighted by atomic mass is 10.1. The first kappa shape index (κ1) is 10.5. The Labute approximate surface area is 86.2 Å². The number of halogens is 3. The summed E-state index contributed by atoms with van der Waals surface area (Å²) in [6.07, 6.45) is 0.767. The molecular formula is C10H13F3N2. The van der Waals surface area contributed by atoms with E-state index in [0.29, 0.717) is 12.6 Å². The number of hydrogen-bond acceptors (Lipinski definition) is 2. The predicted molar refractivity (Wildman–Crippen MR) is 51.2 cm³/mol. The van der Waals surface area contributed by atoms with Crippen LogP contribution in [-0.4, -0.2) is 25.3 Å². The molecule has 1 fully saturated rings. The van der Waals surface area contributed by atoms with Gasteiger partial charge in [0.25, 0.3) is 0 Å². The van der Waals surface area contributed by atoms with E-state index in [4.69, 9.17) is 0 Å². The molecule has 84 valence electrons. The molecule has 2 N–H and O–H groups in total. The lowest BCUT2D eigenvalue weighted by molar-refractivity contribution is -0.0966. The van der Waals surface area contributed by atoms with E-state index < -0.39 is 11.9 Å². The molecule has 0 unspecified atom stereocenters. The number of hydrogen-bond donors (Lipinski definition) is 2. The normalized spacial score (nSPS) is 21.8. The molecule has 0 spiro atoms. The second-order valence-electron chi connectivity index (χ2n) is 3.91. The molecule has 15 heavy (non-hydrogen) atoms. The van der Waals surface area contributed by atoms with Crippen LogP contribution in [0, 0.1) is 0 Å². The monoisotopic (exact) mass is 218 g/mol. The maximum atomic E-state index is 12.2. The number of rotatable bonds is 3. The number of dihydropyridines is 1. The molecule has 0 bridgehead atoms. The summed E-state index contributed by atoms with van der Waals surface area (Å²) in [6.45, 7) is 0.963. The molecule has 0 atom stereocenters. The van der Waals surface area contributed by atoms with Crippen molar-refractivity contribution in [2.24, 2.45) is 0 Å². The Morgan fingerprint density at radius 2 is 2.07 bits per heavy atom. The first-order valence-electron chi connectivity index (χ1n) is 5.00. The first-order chi connectivity index (χ1) is 7.05. The van der Waals surface area contributed by atoms with E-state index in [1.807, 2.05) is 0 Å². The minimum absolute atomic E-state index is 0.283. The van der Waals surface area contributed by atoms with Crippen molar-refractivity contribution in [3.05, 3.63) is 23.4 Å². The minimum atomic E-state index is -4.26. The highest BCUT2D eigenvalue weighted by Crippen LogP contribution is 2.25. The van der Waals surface area contributed by atoms with Crippen LogP contribution in [0.15, 0.2) is 23.4 Å². The average Bonchev–Trinajstić information content (AvgIpc) is 2.97. The Morgan fingerprint density at radius 1 is 1.33 bits per heavy atom. The van der Waals surface area contributed by atoms with Crippen LogP contribution in [0.4, 0.5) is 13.2 Å². The molecule has 0 saturated heterocycles. The lowest BCUT2D eigenvalue weighted by Crippen LogP contribution is -2.32. The molecule has 2 rings (SSSR count). The molecule has 2 aliphatic rings. The van der Waals surface area contributed by atoms with Crippen molar-refractivity contribution in [1.82, 2.24) is 10.6 Å². The molecule has 2 nitrogen and oxygen atoms in total. The molecule has 1 aliphatic heterocycles. The summed E-state index contributed by atoms with van der Waals surface area (Å²) in [6, 6.07) is 0.582. The summed E-state index contributed by atoms with van der Waals surface area (Å²) in [4.78, 5) is 0. The van der Waals surface area contributed by atoms with Crippen molar-refractivity contribution in [2.75, 3.05) is 13.1 Å². The Balaban J connectivity index is 1.88. The Morgan fingerprint density at radius 3 is 2.53 bits per heavy atom. The summed E-state index contributed by atoms with van der Waals surface area (Å²) in [5.74, 6) is 0. The Hall–Kier alpha value is -0.970. The molecule has 0 aromatic rings. The third kappa shape index (κ3) is 2.99. The van der Waals surface area contributed by atoms with E-state index in [0.717, 1.165) is 11.6 Å².